The smallest absolute Gasteiger partial charge is 0.326 e. The first-order valence-corrected chi connectivity index (χ1v) is 7.51. The number of nitrogens with zero attached hydrogens (tertiary/aromatic N) is 1. The molecule has 1 aromatic carbocycles. The van der Waals surface area contributed by atoms with E-state index in [0.29, 0.717) is 12.1 Å². The van der Waals surface area contributed by atoms with Gasteiger partial charge >= 0.3 is 5.97 Å². The quantitative estimate of drug-likeness (QED) is 0.900. The van der Waals surface area contributed by atoms with Gasteiger partial charge in [0.25, 0.3) is 5.91 Å². The summed E-state index contributed by atoms with van der Waals surface area (Å²) in [6, 6.07) is 4.63. The Morgan fingerprint density at radius 1 is 1.40 bits per heavy atom. The third kappa shape index (κ3) is 2.87. The minimum absolute atomic E-state index is 0.0123. The first kappa shape index (κ1) is 15.0. The molecule has 1 saturated heterocycles. The lowest BCUT2D eigenvalue weighted by molar-refractivity contribution is -0.145. The number of carboxylic acids is 1. The Kier molecular flexibility index (Phi) is 4.48. The molecule has 1 heterocycles. The second kappa shape index (κ2) is 5.95. The monoisotopic (exact) mass is 339 g/mol. The summed E-state index contributed by atoms with van der Waals surface area (Å²) in [5, 5.41) is 9.37. The van der Waals surface area contributed by atoms with Crippen LogP contribution >= 0.6 is 15.9 Å². The molecule has 1 aromatic rings. The SMILES string of the molecule is Cc1cc(C(=O)N2CCCC(C)C2C(=O)O)ccc1Br. The molecule has 1 aliphatic rings. The summed E-state index contributed by atoms with van der Waals surface area (Å²) >= 11 is 3.40. The molecule has 0 saturated carbocycles. The molecule has 0 radical (unpaired) electrons. The highest BCUT2D eigenvalue weighted by molar-refractivity contribution is 9.10. The Bertz CT molecular complexity index is 544. The number of carbonyl (C=O) groups excluding carboxylic acids is 1. The first-order valence-electron chi connectivity index (χ1n) is 6.71. The molecule has 1 fully saturated rings. The van der Waals surface area contributed by atoms with E-state index in [4.69, 9.17) is 0 Å². The van der Waals surface area contributed by atoms with Gasteiger partial charge in [0.05, 0.1) is 0 Å². The van der Waals surface area contributed by atoms with Crippen LogP contribution in [0.25, 0.3) is 0 Å². The molecule has 20 heavy (non-hydrogen) atoms. The number of likely N-dealkylation sites (tertiary alicyclic amines) is 1. The van der Waals surface area contributed by atoms with Crippen LogP contribution in [0.3, 0.4) is 0 Å². The predicted octanol–water partition coefficient (Wildman–Crippen LogP) is 3.08. The van der Waals surface area contributed by atoms with Crippen LogP contribution in [-0.4, -0.2) is 34.5 Å². The summed E-state index contributed by atoms with van der Waals surface area (Å²) in [4.78, 5) is 25.5. The fraction of sp³-hybridized carbons (Fsp3) is 0.467. The number of hydrogen-bond donors (Lipinski definition) is 1. The molecule has 2 atom stereocenters. The number of aliphatic carboxylic acids is 1. The predicted molar refractivity (Wildman–Crippen MR) is 79.7 cm³/mol. The molecule has 1 N–H and O–H groups in total. The zero-order valence-corrected chi connectivity index (χ0v) is 13.2. The maximum Gasteiger partial charge on any atom is 0.326 e. The van der Waals surface area contributed by atoms with Crippen LogP contribution < -0.4 is 0 Å². The maximum atomic E-state index is 12.6. The average Bonchev–Trinajstić information content (AvgIpc) is 2.40. The number of aryl methyl sites for hydroxylation is 1. The van der Waals surface area contributed by atoms with E-state index >= 15 is 0 Å². The minimum Gasteiger partial charge on any atom is -0.480 e. The van der Waals surface area contributed by atoms with Gasteiger partial charge in [-0.2, -0.15) is 0 Å². The second-order valence-corrected chi connectivity index (χ2v) is 6.22. The number of hydrogen-bond acceptors (Lipinski definition) is 2. The van der Waals surface area contributed by atoms with Crippen LogP contribution in [0.15, 0.2) is 22.7 Å². The summed E-state index contributed by atoms with van der Waals surface area (Å²) in [5.41, 5.74) is 1.51. The lowest BCUT2D eigenvalue weighted by atomic mass is 9.90. The Balaban J connectivity index is 2.30. The van der Waals surface area contributed by atoms with E-state index in [9.17, 15) is 14.7 Å². The van der Waals surface area contributed by atoms with Crippen LogP contribution in [0, 0.1) is 12.8 Å². The molecule has 1 aliphatic heterocycles. The van der Waals surface area contributed by atoms with Gasteiger partial charge < -0.3 is 10.0 Å². The van der Waals surface area contributed by atoms with Crippen LogP contribution in [0.4, 0.5) is 0 Å². The molecule has 108 valence electrons. The summed E-state index contributed by atoms with van der Waals surface area (Å²) in [5.74, 6) is -1.12. The lowest BCUT2D eigenvalue weighted by Gasteiger charge is -2.37. The number of halogens is 1. The zero-order valence-electron chi connectivity index (χ0n) is 11.6. The molecule has 4 nitrogen and oxygen atoms in total. The number of piperidine rings is 1. The van der Waals surface area contributed by atoms with Crippen molar-refractivity contribution in [1.29, 1.82) is 0 Å². The summed E-state index contributed by atoms with van der Waals surface area (Å²) in [7, 11) is 0. The summed E-state index contributed by atoms with van der Waals surface area (Å²) in [6.07, 6.45) is 1.70. The highest BCUT2D eigenvalue weighted by Gasteiger charge is 2.37. The van der Waals surface area contributed by atoms with Gasteiger partial charge in [0.15, 0.2) is 0 Å². The van der Waals surface area contributed by atoms with Crippen molar-refractivity contribution < 1.29 is 14.7 Å². The van der Waals surface area contributed by atoms with E-state index < -0.39 is 12.0 Å². The molecule has 0 bridgehead atoms. The standard InChI is InChI=1S/C15H18BrNO3/c1-9-4-3-7-17(13(9)15(19)20)14(18)11-5-6-12(16)10(2)8-11/h5-6,8-9,13H,3-4,7H2,1-2H3,(H,19,20). The van der Waals surface area contributed by atoms with Crippen molar-refractivity contribution in [2.75, 3.05) is 6.54 Å². The average molecular weight is 340 g/mol. The van der Waals surface area contributed by atoms with Gasteiger partial charge in [-0.15, -0.1) is 0 Å². The van der Waals surface area contributed by atoms with Gasteiger partial charge in [0.1, 0.15) is 6.04 Å². The highest BCUT2D eigenvalue weighted by Crippen LogP contribution is 2.26. The van der Waals surface area contributed by atoms with Crippen molar-refractivity contribution in [3.8, 4) is 0 Å². The Labute approximate surface area is 126 Å². The van der Waals surface area contributed by atoms with E-state index in [2.05, 4.69) is 15.9 Å². The minimum atomic E-state index is -0.917. The van der Waals surface area contributed by atoms with Crippen molar-refractivity contribution >= 4 is 27.8 Å². The number of amides is 1. The zero-order chi connectivity index (χ0) is 14.9. The van der Waals surface area contributed by atoms with Gasteiger partial charge in [-0.1, -0.05) is 22.9 Å². The number of carbonyl (C=O) groups is 2. The molecule has 2 rings (SSSR count). The molecule has 0 aliphatic carbocycles. The maximum absolute atomic E-state index is 12.6. The fourth-order valence-electron chi connectivity index (χ4n) is 2.74. The van der Waals surface area contributed by atoms with Gasteiger partial charge in [-0.25, -0.2) is 4.79 Å². The van der Waals surface area contributed by atoms with Crippen molar-refractivity contribution in [1.82, 2.24) is 4.90 Å². The van der Waals surface area contributed by atoms with E-state index in [1.54, 1.807) is 12.1 Å². The fourth-order valence-corrected chi connectivity index (χ4v) is 2.98. The van der Waals surface area contributed by atoms with Crippen molar-refractivity contribution in [3.05, 3.63) is 33.8 Å². The third-order valence-electron chi connectivity index (χ3n) is 3.85. The van der Waals surface area contributed by atoms with E-state index in [1.165, 1.54) is 4.90 Å². The van der Waals surface area contributed by atoms with E-state index in [0.717, 1.165) is 22.9 Å². The number of rotatable bonds is 2. The van der Waals surface area contributed by atoms with Gasteiger partial charge in [-0.3, -0.25) is 4.79 Å². The Hall–Kier alpha value is -1.36. The van der Waals surface area contributed by atoms with Crippen LogP contribution in [0.5, 0.6) is 0 Å². The lowest BCUT2D eigenvalue weighted by Crippen LogP contribution is -2.51. The molecule has 1 amide bonds. The van der Waals surface area contributed by atoms with Crippen LogP contribution in [0.1, 0.15) is 35.7 Å². The molecule has 2 unspecified atom stereocenters. The van der Waals surface area contributed by atoms with Crippen molar-refractivity contribution in [2.45, 2.75) is 32.7 Å². The normalized spacial score (nSPS) is 22.6. The van der Waals surface area contributed by atoms with Crippen molar-refractivity contribution in [2.24, 2.45) is 5.92 Å². The Morgan fingerprint density at radius 3 is 2.70 bits per heavy atom. The molecule has 0 aromatic heterocycles. The van der Waals surface area contributed by atoms with Crippen LogP contribution in [0.2, 0.25) is 0 Å². The highest BCUT2D eigenvalue weighted by atomic mass is 79.9. The van der Waals surface area contributed by atoms with Crippen molar-refractivity contribution in [3.63, 3.8) is 0 Å². The molecular weight excluding hydrogens is 322 g/mol. The van der Waals surface area contributed by atoms with Gasteiger partial charge in [0, 0.05) is 16.6 Å². The number of carboxylic acid groups (broad SMARTS) is 1. The second-order valence-electron chi connectivity index (χ2n) is 5.37. The van der Waals surface area contributed by atoms with Crippen LogP contribution in [-0.2, 0) is 4.79 Å². The first-order chi connectivity index (χ1) is 9.41. The van der Waals surface area contributed by atoms with E-state index in [-0.39, 0.29) is 11.8 Å². The third-order valence-corrected chi connectivity index (χ3v) is 4.74. The van der Waals surface area contributed by atoms with Gasteiger partial charge in [0.2, 0.25) is 0 Å². The summed E-state index contributed by atoms with van der Waals surface area (Å²) < 4.78 is 0.941. The molecule has 0 spiro atoms. The largest absolute Gasteiger partial charge is 0.480 e. The van der Waals surface area contributed by atoms with Gasteiger partial charge in [-0.05, 0) is 49.4 Å². The molecular formula is C15H18BrNO3. The topological polar surface area (TPSA) is 57.6 Å². The summed E-state index contributed by atoms with van der Waals surface area (Å²) in [6.45, 7) is 4.31. The number of benzene rings is 1. The van der Waals surface area contributed by atoms with E-state index in [1.807, 2.05) is 19.9 Å². The Morgan fingerprint density at radius 2 is 2.10 bits per heavy atom. The molecule has 5 heteroatoms.